The Balaban J connectivity index is 1.44. The van der Waals surface area contributed by atoms with Crippen LogP contribution in [0.4, 0.5) is 5.69 Å². The zero-order valence-corrected chi connectivity index (χ0v) is 20.5. The van der Waals surface area contributed by atoms with E-state index in [-0.39, 0.29) is 24.6 Å². The van der Waals surface area contributed by atoms with Crippen LogP contribution in [-0.4, -0.2) is 64.1 Å². The standard InChI is InChI=1S/C26H37N5O4/c1-16-11-12-21(18-14-31-20(15-32)25(34)29-26(31)28-24(16)18)35-23(10-4-9-22(27)33)30-13-5-7-17-6-2-3-8-19(17)30/h11-12,17,19-20,23,32H,2-10,13-15H2,1H3,(H2,27,33)(H,28,29,34). The molecule has 3 heterocycles. The number of nitrogens with one attached hydrogen (secondary N) is 1. The van der Waals surface area contributed by atoms with E-state index in [4.69, 9.17) is 15.5 Å². The van der Waals surface area contributed by atoms with Crippen molar-refractivity contribution in [2.24, 2.45) is 16.6 Å². The number of benzene rings is 1. The highest BCUT2D eigenvalue weighted by atomic mass is 16.5. The van der Waals surface area contributed by atoms with Gasteiger partial charge in [-0.05, 0) is 63.0 Å². The van der Waals surface area contributed by atoms with E-state index in [0.717, 1.165) is 42.0 Å². The quantitative estimate of drug-likeness (QED) is 0.522. The molecule has 1 aromatic rings. The summed E-state index contributed by atoms with van der Waals surface area (Å²) in [6.07, 6.45) is 9.09. The molecule has 4 atom stereocenters. The van der Waals surface area contributed by atoms with Crippen molar-refractivity contribution in [3.63, 3.8) is 0 Å². The van der Waals surface area contributed by atoms with Crippen molar-refractivity contribution in [3.05, 3.63) is 23.3 Å². The highest BCUT2D eigenvalue weighted by Crippen LogP contribution is 2.41. The lowest BCUT2D eigenvalue weighted by Crippen LogP contribution is -2.53. The van der Waals surface area contributed by atoms with Gasteiger partial charge < -0.3 is 20.5 Å². The molecule has 0 spiro atoms. The highest BCUT2D eigenvalue weighted by molar-refractivity contribution is 6.08. The molecule has 5 rings (SSSR count). The fourth-order valence-electron chi connectivity index (χ4n) is 6.35. The number of aliphatic hydroxyl groups excluding tert-OH is 1. The number of guanidine groups is 1. The van der Waals surface area contributed by atoms with Gasteiger partial charge in [-0.2, -0.15) is 0 Å². The van der Waals surface area contributed by atoms with Crippen molar-refractivity contribution < 1.29 is 19.4 Å². The number of aliphatic hydroxyl groups is 1. The van der Waals surface area contributed by atoms with Gasteiger partial charge in [-0.15, -0.1) is 0 Å². The fraction of sp³-hybridized carbons (Fsp3) is 0.654. The molecular weight excluding hydrogens is 446 g/mol. The summed E-state index contributed by atoms with van der Waals surface area (Å²) in [6.45, 7) is 3.17. The number of nitrogens with two attached hydrogens (primary N) is 1. The lowest BCUT2D eigenvalue weighted by molar-refractivity contribution is -0.122. The highest BCUT2D eigenvalue weighted by Gasteiger charge is 2.41. The van der Waals surface area contributed by atoms with Gasteiger partial charge in [0.2, 0.25) is 11.9 Å². The summed E-state index contributed by atoms with van der Waals surface area (Å²) in [7, 11) is 0. The molecule has 1 aromatic carbocycles. The number of ether oxygens (including phenoxy) is 1. The molecule has 2 saturated heterocycles. The van der Waals surface area contributed by atoms with Crippen LogP contribution in [0.15, 0.2) is 17.1 Å². The Kier molecular flexibility index (Phi) is 6.98. The third kappa shape index (κ3) is 4.76. The van der Waals surface area contributed by atoms with E-state index in [9.17, 15) is 14.7 Å². The number of amides is 2. The number of hydrogen-bond donors (Lipinski definition) is 3. The molecule has 1 aliphatic carbocycles. The molecule has 190 valence electrons. The van der Waals surface area contributed by atoms with E-state index >= 15 is 0 Å². The molecule has 9 nitrogen and oxygen atoms in total. The maximum absolute atomic E-state index is 12.3. The van der Waals surface area contributed by atoms with Gasteiger partial charge >= 0.3 is 0 Å². The van der Waals surface area contributed by atoms with Crippen molar-refractivity contribution in [1.82, 2.24) is 15.1 Å². The van der Waals surface area contributed by atoms with Gasteiger partial charge in [0.1, 0.15) is 11.8 Å². The predicted octanol–water partition coefficient (Wildman–Crippen LogP) is 2.30. The second-order valence-corrected chi connectivity index (χ2v) is 10.4. The SMILES string of the molecule is Cc1ccc(OC(CCCC(N)=O)N2CCCC3CCCCC32)c2c1N=C1NC(=O)C(CO)N1C2. The Hall–Kier alpha value is -2.65. The van der Waals surface area contributed by atoms with Gasteiger partial charge in [0.25, 0.3) is 5.91 Å². The molecule has 2 amide bonds. The molecule has 3 aliphatic heterocycles. The Bertz CT molecular complexity index is 1010. The molecule has 0 radical (unpaired) electrons. The van der Waals surface area contributed by atoms with E-state index in [1.807, 2.05) is 24.0 Å². The first-order chi connectivity index (χ1) is 17.0. The summed E-state index contributed by atoms with van der Waals surface area (Å²) in [5, 5.41) is 12.6. The molecule has 9 heteroatoms. The van der Waals surface area contributed by atoms with Crippen LogP contribution in [0.25, 0.3) is 0 Å². The molecule has 4 N–H and O–H groups in total. The van der Waals surface area contributed by atoms with Crippen molar-refractivity contribution in [2.75, 3.05) is 13.2 Å². The monoisotopic (exact) mass is 483 g/mol. The lowest BCUT2D eigenvalue weighted by Gasteiger charge is -2.47. The number of aliphatic imine (C=N–C) groups is 1. The normalized spacial score (nSPS) is 26.8. The summed E-state index contributed by atoms with van der Waals surface area (Å²) in [5.41, 5.74) is 8.20. The second-order valence-electron chi connectivity index (χ2n) is 10.4. The van der Waals surface area contributed by atoms with Gasteiger partial charge in [-0.3, -0.25) is 19.8 Å². The average molecular weight is 484 g/mol. The van der Waals surface area contributed by atoms with Gasteiger partial charge in [-0.25, -0.2) is 4.99 Å². The first-order valence-corrected chi connectivity index (χ1v) is 13.1. The zero-order valence-electron chi connectivity index (χ0n) is 20.5. The molecule has 0 bridgehead atoms. The third-order valence-electron chi connectivity index (χ3n) is 8.14. The lowest BCUT2D eigenvalue weighted by atomic mass is 9.78. The number of piperidine rings is 1. The largest absolute Gasteiger partial charge is 0.475 e. The van der Waals surface area contributed by atoms with Crippen LogP contribution in [0.2, 0.25) is 0 Å². The van der Waals surface area contributed by atoms with Crippen LogP contribution >= 0.6 is 0 Å². The van der Waals surface area contributed by atoms with E-state index < -0.39 is 6.04 Å². The van der Waals surface area contributed by atoms with Crippen LogP contribution in [0.5, 0.6) is 5.75 Å². The Morgan fingerprint density at radius 1 is 1.29 bits per heavy atom. The number of aryl methyl sites for hydroxylation is 1. The summed E-state index contributed by atoms with van der Waals surface area (Å²) in [6, 6.07) is 3.87. The molecule has 0 aromatic heterocycles. The Labute approximate surface area is 206 Å². The summed E-state index contributed by atoms with van der Waals surface area (Å²) in [5.74, 6) is 1.44. The van der Waals surface area contributed by atoms with Gasteiger partial charge in [0.05, 0.1) is 18.8 Å². The maximum Gasteiger partial charge on any atom is 0.251 e. The number of rotatable bonds is 8. The number of carbonyl (C=O) groups excluding carboxylic acids is 2. The minimum absolute atomic E-state index is 0.149. The van der Waals surface area contributed by atoms with Crippen molar-refractivity contribution in [2.45, 2.75) is 89.6 Å². The molecule has 1 saturated carbocycles. The topological polar surface area (TPSA) is 120 Å². The van der Waals surface area contributed by atoms with Crippen LogP contribution in [-0.2, 0) is 16.1 Å². The first-order valence-electron chi connectivity index (χ1n) is 13.1. The third-order valence-corrected chi connectivity index (χ3v) is 8.14. The van der Waals surface area contributed by atoms with E-state index in [1.54, 1.807) is 0 Å². The predicted molar refractivity (Wildman–Crippen MR) is 132 cm³/mol. The van der Waals surface area contributed by atoms with Crippen LogP contribution in [0.3, 0.4) is 0 Å². The molecular formula is C26H37N5O4. The van der Waals surface area contributed by atoms with Crippen LogP contribution in [0, 0.1) is 12.8 Å². The summed E-state index contributed by atoms with van der Waals surface area (Å²) >= 11 is 0. The maximum atomic E-state index is 12.3. The van der Waals surface area contributed by atoms with Gasteiger partial charge in [-0.1, -0.05) is 18.9 Å². The molecule has 35 heavy (non-hydrogen) atoms. The van der Waals surface area contributed by atoms with Gasteiger partial charge in [0, 0.05) is 24.6 Å². The van der Waals surface area contributed by atoms with Crippen molar-refractivity contribution in [1.29, 1.82) is 0 Å². The number of likely N-dealkylation sites (tertiary alicyclic amines) is 1. The van der Waals surface area contributed by atoms with Crippen molar-refractivity contribution >= 4 is 23.5 Å². The van der Waals surface area contributed by atoms with E-state index in [1.165, 1.54) is 32.1 Å². The molecule has 4 unspecified atom stereocenters. The number of nitrogens with zero attached hydrogens (tertiary/aromatic N) is 3. The van der Waals surface area contributed by atoms with Crippen LogP contribution in [0.1, 0.15) is 68.9 Å². The first kappa shape index (κ1) is 24.1. The minimum atomic E-state index is -0.647. The minimum Gasteiger partial charge on any atom is -0.475 e. The van der Waals surface area contributed by atoms with Crippen molar-refractivity contribution in [3.8, 4) is 5.75 Å². The second kappa shape index (κ2) is 10.1. The Morgan fingerprint density at radius 3 is 2.89 bits per heavy atom. The average Bonchev–Trinajstić information content (AvgIpc) is 3.17. The number of hydrogen-bond acceptors (Lipinski definition) is 7. The fourth-order valence-corrected chi connectivity index (χ4v) is 6.35. The van der Waals surface area contributed by atoms with E-state index in [2.05, 4.69) is 10.2 Å². The number of primary amides is 1. The summed E-state index contributed by atoms with van der Waals surface area (Å²) in [4.78, 5) is 32.9. The molecule has 3 fully saturated rings. The number of carbonyl (C=O) groups is 2. The summed E-state index contributed by atoms with van der Waals surface area (Å²) < 4.78 is 6.79. The zero-order chi connectivity index (χ0) is 24.5. The molecule has 4 aliphatic rings. The van der Waals surface area contributed by atoms with Crippen LogP contribution < -0.4 is 15.8 Å². The van der Waals surface area contributed by atoms with E-state index in [0.29, 0.717) is 37.3 Å². The Morgan fingerprint density at radius 2 is 2.09 bits per heavy atom. The number of fused-ring (bicyclic) bond motifs is 3. The van der Waals surface area contributed by atoms with Gasteiger partial charge in [0.15, 0.2) is 6.23 Å². The smallest absolute Gasteiger partial charge is 0.251 e.